The summed E-state index contributed by atoms with van der Waals surface area (Å²) >= 11 is 5.89. The average Bonchev–Trinajstić information content (AvgIpc) is 2.15. The fourth-order valence-electron chi connectivity index (χ4n) is 1.05. The first-order valence-corrected chi connectivity index (χ1v) is 4.66. The van der Waals surface area contributed by atoms with Gasteiger partial charge in [-0.15, -0.1) is 0 Å². The van der Waals surface area contributed by atoms with E-state index in [2.05, 4.69) is 9.97 Å². The zero-order valence-corrected chi connectivity index (χ0v) is 9.42. The van der Waals surface area contributed by atoms with E-state index in [0.29, 0.717) is 5.69 Å². The van der Waals surface area contributed by atoms with Gasteiger partial charge in [-0.1, -0.05) is 32.4 Å². The van der Waals surface area contributed by atoms with Crippen LogP contribution in [0.2, 0.25) is 5.15 Å². The minimum Gasteiger partial charge on any atom is -0.235 e. The van der Waals surface area contributed by atoms with Crippen LogP contribution in [0.3, 0.4) is 0 Å². The number of aromatic nitrogens is 2. The van der Waals surface area contributed by atoms with Crippen LogP contribution < -0.4 is 0 Å². The minimum atomic E-state index is -0.302. The molecule has 0 radical (unpaired) electrons. The van der Waals surface area contributed by atoms with E-state index in [1.165, 1.54) is 0 Å². The monoisotopic (exact) mass is 220 g/mol. The highest BCUT2D eigenvalue weighted by molar-refractivity contribution is 6.30. The fraction of sp³-hybridized carbons (Fsp3) is 0.400. The van der Waals surface area contributed by atoms with Gasteiger partial charge in [0.2, 0.25) is 0 Å². The maximum atomic E-state index is 8.78. The van der Waals surface area contributed by atoms with Crippen molar-refractivity contribution in [3.05, 3.63) is 22.2 Å². The van der Waals surface area contributed by atoms with Gasteiger partial charge >= 0.3 is 0 Å². The van der Waals surface area contributed by atoms with Gasteiger partial charge < -0.3 is 0 Å². The van der Waals surface area contributed by atoms with Crippen molar-refractivity contribution in [3.8, 4) is 12.1 Å². The Labute approximate surface area is 93.1 Å². The Morgan fingerprint density at radius 2 is 1.53 bits per heavy atom. The zero-order chi connectivity index (χ0) is 11.6. The molecular formula is C10H9ClN4. The largest absolute Gasteiger partial charge is 0.235 e. The first-order valence-electron chi connectivity index (χ1n) is 4.28. The lowest BCUT2D eigenvalue weighted by Crippen LogP contribution is -2.16. The van der Waals surface area contributed by atoms with E-state index < -0.39 is 0 Å². The van der Waals surface area contributed by atoms with Gasteiger partial charge in [0.15, 0.2) is 16.5 Å². The molecule has 0 aliphatic carbocycles. The summed E-state index contributed by atoms with van der Waals surface area (Å²) in [7, 11) is 0. The number of nitriles is 2. The molecule has 1 aromatic rings. The van der Waals surface area contributed by atoms with E-state index in [4.69, 9.17) is 22.1 Å². The zero-order valence-electron chi connectivity index (χ0n) is 8.67. The van der Waals surface area contributed by atoms with Gasteiger partial charge in [0.05, 0.1) is 5.69 Å². The SMILES string of the molecule is CC(C)(C)c1nc(C#N)c(C#N)nc1Cl. The van der Waals surface area contributed by atoms with E-state index in [-0.39, 0.29) is 22.0 Å². The summed E-state index contributed by atoms with van der Waals surface area (Å²) in [6.45, 7) is 5.74. The van der Waals surface area contributed by atoms with Crippen LogP contribution in [-0.2, 0) is 5.41 Å². The third-order valence-electron chi connectivity index (χ3n) is 1.78. The van der Waals surface area contributed by atoms with Crippen LogP contribution >= 0.6 is 11.6 Å². The molecule has 0 unspecified atom stereocenters. The predicted octanol–water partition coefficient (Wildman–Crippen LogP) is 2.17. The third-order valence-corrected chi connectivity index (χ3v) is 2.04. The molecule has 4 nitrogen and oxygen atoms in total. The summed E-state index contributed by atoms with van der Waals surface area (Å²) in [6, 6.07) is 3.62. The molecule has 5 heteroatoms. The number of hydrogen-bond acceptors (Lipinski definition) is 4. The summed E-state index contributed by atoms with van der Waals surface area (Å²) in [5.41, 5.74) is 0.214. The van der Waals surface area contributed by atoms with Gasteiger partial charge in [-0.25, -0.2) is 9.97 Å². The van der Waals surface area contributed by atoms with E-state index in [1.54, 1.807) is 6.07 Å². The van der Waals surface area contributed by atoms with Gasteiger partial charge in [0.25, 0.3) is 0 Å². The fourth-order valence-corrected chi connectivity index (χ4v) is 1.46. The molecule has 0 amide bonds. The van der Waals surface area contributed by atoms with Gasteiger partial charge in [-0.2, -0.15) is 10.5 Å². The van der Waals surface area contributed by atoms with Crippen molar-refractivity contribution < 1.29 is 0 Å². The maximum Gasteiger partial charge on any atom is 0.178 e. The molecule has 1 aromatic heterocycles. The van der Waals surface area contributed by atoms with Crippen LogP contribution in [0.4, 0.5) is 0 Å². The molecule has 1 heterocycles. The average molecular weight is 221 g/mol. The highest BCUT2D eigenvalue weighted by Gasteiger charge is 2.22. The quantitative estimate of drug-likeness (QED) is 0.672. The highest BCUT2D eigenvalue weighted by Crippen LogP contribution is 2.26. The van der Waals surface area contributed by atoms with Crippen LogP contribution in [0, 0.1) is 22.7 Å². The smallest absolute Gasteiger partial charge is 0.178 e. The van der Waals surface area contributed by atoms with Crippen molar-refractivity contribution in [1.29, 1.82) is 10.5 Å². The minimum absolute atomic E-state index is 0.0202. The normalized spacial score (nSPS) is 10.5. The molecule has 0 bridgehead atoms. The van der Waals surface area contributed by atoms with Gasteiger partial charge in [0.1, 0.15) is 12.1 Å². The Bertz CT molecular complexity index is 474. The van der Waals surface area contributed by atoms with E-state index >= 15 is 0 Å². The molecule has 0 saturated heterocycles. The lowest BCUT2D eigenvalue weighted by Gasteiger charge is -2.18. The summed E-state index contributed by atoms with van der Waals surface area (Å²) in [5, 5.41) is 17.7. The number of nitrogens with zero attached hydrogens (tertiary/aromatic N) is 4. The molecule has 1 rings (SSSR count). The molecule has 0 N–H and O–H groups in total. The summed E-state index contributed by atoms with van der Waals surface area (Å²) < 4.78 is 0. The van der Waals surface area contributed by atoms with E-state index in [9.17, 15) is 0 Å². The second-order valence-corrected chi connectivity index (χ2v) is 4.39. The molecule has 15 heavy (non-hydrogen) atoms. The Morgan fingerprint density at radius 3 is 1.93 bits per heavy atom. The Morgan fingerprint density at radius 1 is 1.07 bits per heavy atom. The Balaban J connectivity index is 3.50. The van der Waals surface area contributed by atoms with Crippen LogP contribution in [-0.4, -0.2) is 9.97 Å². The highest BCUT2D eigenvalue weighted by atomic mass is 35.5. The first-order chi connectivity index (χ1) is 6.90. The molecule has 0 fully saturated rings. The Kier molecular flexibility index (Phi) is 2.93. The summed E-state index contributed by atoms with van der Waals surface area (Å²) in [4.78, 5) is 7.90. The molecule has 0 atom stereocenters. The van der Waals surface area contributed by atoms with Crippen LogP contribution in [0.25, 0.3) is 0 Å². The lowest BCUT2D eigenvalue weighted by atomic mass is 9.92. The van der Waals surface area contributed by atoms with Crippen LogP contribution in [0.1, 0.15) is 37.9 Å². The second kappa shape index (κ2) is 3.84. The lowest BCUT2D eigenvalue weighted by molar-refractivity contribution is 0.564. The first kappa shape index (κ1) is 11.4. The summed E-state index contributed by atoms with van der Waals surface area (Å²) in [5.74, 6) is 0. The molecule has 0 saturated carbocycles. The van der Waals surface area contributed by atoms with Gasteiger partial charge in [-0.05, 0) is 0 Å². The van der Waals surface area contributed by atoms with Gasteiger partial charge in [-0.3, -0.25) is 0 Å². The summed E-state index contributed by atoms with van der Waals surface area (Å²) in [6.07, 6.45) is 0. The van der Waals surface area contributed by atoms with Crippen molar-refractivity contribution in [2.45, 2.75) is 26.2 Å². The molecule has 0 aliphatic rings. The maximum absolute atomic E-state index is 8.78. The number of halogens is 1. The standard InChI is InChI=1S/C10H9ClN4/c1-10(2,3)8-9(11)15-7(5-13)6(4-12)14-8/h1-3H3. The van der Waals surface area contributed by atoms with E-state index in [1.807, 2.05) is 26.8 Å². The number of rotatable bonds is 0. The molecule has 0 aliphatic heterocycles. The number of hydrogen-bond donors (Lipinski definition) is 0. The third kappa shape index (κ3) is 2.23. The van der Waals surface area contributed by atoms with Crippen molar-refractivity contribution in [1.82, 2.24) is 9.97 Å². The molecule has 0 spiro atoms. The van der Waals surface area contributed by atoms with Crippen molar-refractivity contribution in [3.63, 3.8) is 0 Å². The molecule has 76 valence electrons. The topological polar surface area (TPSA) is 73.4 Å². The van der Waals surface area contributed by atoms with Gasteiger partial charge in [0, 0.05) is 5.41 Å². The molecular weight excluding hydrogens is 212 g/mol. The van der Waals surface area contributed by atoms with Crippen LogP contribution in [0.15, 0.2) is 0 Å². The van der Waals surface area contributed by atoms with Crippen molar-refractivity contribution in [2.75, 3.05) is 0 Å². The molecule has 0 aromatic carbocycles. The van der Waals surface area contributed by atoms with Crippen molar-refractivity contribution in [2.24, 2.45) is 0 Å². The second-order valence-electron chi connectivity index (χ2n) is 4.03. The predicted molar refractivity (Wildman–Crippen MR) is 55.2 cm³/mol. The van der Waals surface area contributed by atoms with E-state index in [0.717, 1.165) is 0 Å². The van der Waals surface area contributed by atoms with Crippen LogP contribution in [0.5, 0.6) is 0 Å². The Hall–Kier alpha value is -1.65. The van der Waals surface area contributed by atoms with Crippen molar-refractivity contribution >= 4 is 11.6 Å².